The Bertz CT molecular complexity index is 529. The summed E-state index contributed by atoms with van der Waals surface area (Å²) in [6, 6.07) is 6.04. The molecule has 0 aliphatic heterocycles. The second-order valence-corrected chi connectivity index (χ2v) is 5.29. The fourth-order valence-electron chi connectivity index (χ4n) is 2.89. The van der Waals surface area contributed by atoms with Crippen LogP contribution in [-0.2, 0) is 0 Å². The van der Waals surface area contributed by atoms with Gasteiger partial charge in [-0.1, -0.05) is 18.9 Å². The van der Waals surface area contributed by atoms with Crippen LogP contribution in [-0.4, -0.2) is 27.6 Å². The summed E-state index contributed by atoms with van der Waals surface area (Å²) in [4.78, 5) is 4.27. The molecular weight excluding hydrogens is 226 g/mol. The number of rotatable bonds is 4. The maximum atomic E-state index is 9.61. The Morgan fingerprint density at radius 2 is 2.17 bits per heavy atom. The molecule has 3 rings (SSSR count). The van der Waals surface area contributed by atoms with Crippen molar-refractivity contribution in [1.82, 2.24) is 9.38 Å². The molecule has 0 atom stereocenters. The second-order valence-electron chi connectivity index (χ2n) is 5.29. The molecule has 0 saturated heterocycles. The Morgan fingerprint density at radius 3 is 2.94 bits per heavy atom. The minimum absolute atomic E-state index is 0.0722. The van der Waals surface area contributed by atoms with Crippen LogP contribution in [0.25, 0.3) is 5.65 Å². The van der Waals surface area contributed by atoms with E-state index in [0.717, 1.165) is 30.9 Å². The molecule has 0 unspecified atom stereocenters. The SMILES string of the molecule is OCC1(CNc2cccc3nccn23)CCCC1. The smallest absolute Gasteiger partial charge is 0.138 e. The predicted octanol–water partition coefficient (Wildman–Crippen LogP) is 2.30. The number of fused-ring (bicyclic) bond motifs is 1. The Morgan fingerprint density at radius 1 is 1.33 bits per heavy atom. The first kappa shape index (κ1) is 11.5. The van der Waals surface area contributed by atoms with Crippen LogP contribution in [0.1, 0.15) is 25.7 Å². The number of imidazole rings is 1. The van der Waals surface area contributed by atoms with Crippen molar-refractivity contribution in [3.8, 4) is 0 Å². The third-order valence-corrected chi connectivity index (χ3v) is 4.07. The molecule has 2 heterocycles. The van der Waals surface area contributed by atoms with Crippen molar-refractivity contribution in [1.29, 1.82) is 0 Å². The molecule has 1 aliphatic rings. The molecule has 0 amide bonds. The van der Waals surface area contributed by atoms with Gasteiger partial charge >= 0.3 is 0 Å². The highest BCUT2D eigenvalue weighted by Gasteiger charge is 2.32. The molecule has 4 nitrogen and oxygen atoms in total. The van der Waals surface area contributed by atoms with Gasteiger partial charge in [-0.3, -0.25) is 4.40 Å². The number of anilines is 1. The van der Waals surface area contributed by atoms with Gasteiger partial charge in [0, 0.05) is 24.4 Å². The van der Waals surface area contributed by atoms with E-state index in [9.17, 15) is 5.11 Å². The Balaban J connectivity index is 1.78. The largest absolute Gasteiger partial charge is 0.396 e. The number of hydrogen-bond acceptors (Lipinski definition) is 3. The molecule has 0 radical (unpaired) electrons. The van der Waals surface area contributed by atoms with E-state index in [1.165, 1.54) is 12.8 Å². The van der Waals surface area contributed by atoms with Crippen molar-refractivity contribution in [2.24, 2.45) is 5.41 Å². The van der Waals surface area contributed by atoms with Crippen molar-refractivity contribution in [2.75, 3.05) is 18.5 Å². The molecule has 1 aliphatic carbocycles. The van der Waals surface area contributed by atoms with Gasteiger partial charge in [0.05, 0.1) is 6.61 Å². The van der Waals surface area contributed by atoms with Gasteiger partial charge in [-0.2, -0.15) is 0 Å². The van der Waals surface area contributed by atoms with Crippen molar-refractivity contribution in [3.05, 3.63) is 30.6 Å². The zero-order valence-electron chi connectivity index (χ0n) is 10.5. The monoisotopic (exact) mass is 245 g/mol. The number of nitrogens with zero attached hydrogens (tertiary/aromatic N) is 2. The number of nitrogens with one attached hydrogen (secondary N) is 1. The number of aromatic nitrogens is 2. The molecule has 2 N–H and O–H groups in total. The van der Waals surface area contributed by atoms with E-state index < -0.39 is 0 Å². The minimum Gasteiger partial charge on any atom is -0.396 e. The predicted molar refractivity (Wildman–Crippen MR) is 71.7 cm³/mol. The molecule has 1 fully saturated rings. The van der Waals surface area contributed by atoms with Gasteiger partial charge in [-0.25, -0.2) is 4.98 Å². The van der Waals surface area contributed by atoms with Gasteiger partial charge in [0.2, 0.25) is 0 Å². The van der Waals surface area contributed by atoms with Crippen molar-refractivity contribution in [3.63, 3.8) is 0 Å². The molecule has 4 heteroatoms. The third-order valence-electron chi connectivity index (χ3n) is 4.07. The first-order chi connectivity index (χ1) is 8.83. The van der Waals surface area contributed by atoms with E-state index in [2.05, 4.69) is 16.4 Å². The topological polar surface area (TPSA) is 49.6 Å². The summed E-state index contributed by atoms with van der Waals surface area (Å²) < 4.78 is 2.04. The van der Waals surface area contributed by atoms with E-state index in [4.69, 9.17) is 0 Å². The maximum absolute atomic E-state index is 9.61. The second kappa shape index (κ2) is 4.61. The first-order valence-electron chi connectivity index (χ1n) is 6.60. The highest BCUT2D eigenvalue weighted by atomic mass is 16.3. The quantitative estimate of drug-likeness (QED) is 0.869. The minimum atomic E-state index is 0.0722. The number of pyridine rings is 1. The maximum Gasteiger partial charge on any atom is 0.138 e. The molecule has 2 aromatic heterocycles. The van der Waals surface area contributed by atoms with Gasteiger partial charge in [0.15, 0.2) is 0 Å². The van der Waals surface area contributed by atoms with Gasteiger partial charge in [0.1, 0.15) is 11.5 Å². The van der Waals surface area contributed by atoms with Crippen LogP contribution in [0.4, 0.5) is 5.82 Å². The van der Waals surface area contributed by atoms with E-state index >= 15 is 0 Å². The average molecular weight is 245 g/mol. The Labute approximate surface area is 107 Å². The number of aliphatic hydroxyl groups excluding tert-OH is 1. The summed E-state index contributed by atoms with van der Waals surface area (Å²) in [6.07, 6.45) is 8.47. The zero-order chi connectivity index (χ0) is 12.4. The van der Waals surface area contributed by atoms with Crippen LogP contribution in [0.15, 0.2) is 30.6 Å². The van der Waals surface area contributed by atoms with Gasteiger partial charge in [-0.15, -0.1) is 0 Å². The summed E-state index contributed by atoms with van der Waals surface area (Å²) >= 11 is 0. The van der Waals surface area contributed by atoms with Crippen molar-refractivity contribution in [2.45, 2.75) is 25.7 Å². The lowest BCUT2D eigenvalue weighted by Crippen LogP contribution is -2.31. The van der Waals surface area contributed by atoms with Crippen LogP contribution >= 0.6 is 0 Å². The van der Waals surface area contributed by atoms with Crippen LogP contribution in [0, 0.1) is 5.41 Å². The lowest BCUT2D eigenvalue weighted by molar-refractivity contribution is 0.142. The highest BCUT2D eigenvalue weighted by Crippen LogP contribution is 2.37. The van der Waals surface area contributed by atoms with Crippen LogP contribution in [0.3, 0.4) is 0 Å². The normalized spacial score (nSPS) is 18.3. The fourth-order valence-corrected chi connectivity index (χ4v) is 2.89. The number of aliphatic hydroxyl groups is 1. The molecule has 2 aromatic rings. The van der Waals surface area contributed by atoms with Crippen LogP contribution in [0.5, 0.6) is 0 Å². The van der Waals surface area contributed by atoms with Crippen LogP contribution < -0.4 is 5.32 Å². The molecule has 0 aromatic carbocycles. The molecule has 0 spiro atoms. The van der Waals surface area contributed by atoms with Crippen molar-refractivity contribution >= 4 is 11.5 Å². The molecular formula is C14H19N3O. The summed E-state index contributed by atoms with van der Waals surface area (Å²) in [5.41, 5.74) is 1.02. The highest BCUT2D eigenvalue weighted by molar-refractivity contribution is 5.49. The van der Waals surface area contributed by atoms with Gasteiger partial charge in [-0.05, 0) is 25.0 Å². The number of hydrogen-bond donors (Lipinski definition) is 2. The fraction of sp³-hybridized carbons (Fsp3) is 0.500. The molecule has 18 heavy (non-hydrogen) atoms. The van der Waals surface area contributed by atoms with Crippen LogP contribution in [0.2, 0.25) is 0 Å². The van der Waals surface area contributed by atoms with Crippen molar-refractivity contribution < 1.29 is 5.11 Å². The lowest BCUT2D eigenvalue weighted by atomic mass is 9.87. The molecule has 1 saturated carbocycles. The summed E-state index contributed by atoms with van der Waals surface area (Å²) in [6.45, 7) is 1.11. The molecule has 0 bridgehead atoms. The third kappa shape index (κ3) is 1.97. The standard InChI is InChI=1S/C14H19N3O/c18-11-14(6-1-2-7-14)10-16-13-5-3-4-12-15-8-9-17(12)13/h3-5,8-9,16,18H,1-2,6-7,10-11H2. The Kier molecular flexibility index (Phi) is 2.96. The molecule has 96 valence electrons. The average Bonchev–Trinajstić information content (AvgIpc) is 3.06. The summed E-state index contributed by atoms with van der Waals surface area (Å²) in [7, 11) is 0. The van der Waals surface area contributed by atoms with Gasteiger partial charge in [0.25, 0.3) is 0 Å². The van der Waals surface area contributed by atoms with E-state index in [-0.39, 0.29) is 12.0 Å². The van der Waals surface area contributed by atoms with E-state index in [1.54, 1.807) is 6.20 Å². The van der Waals surface area contributed by atoms with E-state index in [1.807, 2.05) is 22.7 Å². The first-order valence-corrected chi connectivity index (χ1v) is 6.60. The Hall–Kier alpha value is -1.55. The zero-order valence-corrected chi connectivity index (χ0v) is 10.5. The summed E-state index contributed by atoms with van der Waals surface area (Å²) in [5, 5.41) is 13.1. The van der Waals surface area contributed by atoms with Gasteiger partial charge < -0.3 is 10.4 Å². The summed E-state index contributed by atoms with van der Waals surface area (Å²) in [5.74, 6) is 1.05. The lowest BCUT2D eigenvalue weighted by Gasteiger charge is -2.27. The van der Waals surface area contributed by atoms with E-state index in [0.29, 0.717) is 0 Å².